The normalized spacial score (nSPS) is 33.9. The molecule has 72 valence electrons. The molecule has 4 nitrogen and oxygen atoms in total. The van der Waals surface area contributed by atoms with E-state index in [0.29, 0.717) is 5.82 Å². The van der Waals surface area contributed by atoms with Gasteiger partial charge in [-0.1, -0.05) is 6.92 Å². The lowest BCUT2D eigenvalue weighted by molar-refractivity contribution is 0.0304. The minimum Gasteiger partial charge on any atom is -0.381 e. The van der Waals surface area contributed by atoms with Crippen LogP contribution in [-0.2, 0) is 12.6 Å². The molecule has 2 unspecified atom stereocenters. The summed E-state index contributed by atoms with van der Waals surface area (Å²) in [4.78, 5) is 0. The molecule has 2 heterocycles. The molecule has 5 heteroatoms. The van der Waals surface area contributed by atoms with E-state index in [1.807, 2.05) is 14.0 Å². The Morgan fingerprint density at radius 3 is 3.00 bits per heavy atom. The summed E-state index contributed by atoms with van der Waals surface area (Å²) in [6.45, 7) is 2.03. The van der Waals surface area contributed by atoms with Crippen LogP contribution in [0.3, 0.4) is 0 Å². The van der Waals surface area contributed by atoms with Crippen LogP contribution in [0.2, 0.25) is 0 Å². The Kier molecular flexibility index (Phi) is 2.08. The lowest BCUT2D eigenvalue weighted by Gasteiger charge is -2.25. The highest BCUT2D eigenvalue weighted by atomic mass is 32.2. The van der Waals surface area contributed by atoms with Crippen LogP contribution in [0, 0.1) is 0 Å². The van der Waals surface area contributed by atoms with Crippen molar-refractivity contribution < 1.29 is 5.11 Å². The molecular formula is C8H13N3OS. The molecule has 1 aromatic heterocycles. The average Bonchev–Trinajstić information content (AvgIpc) is 2.62. The summed E-state index contributed by atoms with van der Waals surface area (Å²) >= 11 is 1.78. The third kappa shape index (κ3) is 1.26. The lowest BCUT2D eigenvalue weighted by atomic mass is 9.96. The van der Waals surface area contributed by atoms with E-state index in [4.69, 9.17) is 0 Å². The zero-order valence-corrected chi connectivity index (χ0v) is 8.58. The minimum absolute atomic E-state index is 0.204. The second-order valence-corrected chi connectivity index (χ2v) is 4.90. The van der Waals surface area contributed by atoms with Crippen molar-refractivity contribution in [2.45, 2.75) is 24.2 Å². The summed E-state index contributed by atoms with van der Waals surface area (Å²) in [5, 5.41) is 18.3. The van der Waals surface area contributed by atoms with Gasteiger partial charge < -0.3 is 9.67 Å². The lowest BCUT2D eigenvalue weighted by Crippen LogP contribution is -2.34. The number of thioether (sulfide) groups is 1. The van der Waals surface area contributed by atoms with E-state index in [2.05, 4.69) is 10.2 Å². The third-order valence-electron chi connectivity index (χ3n) is 2.62. The van der Waals surface area contributed by atoms with Gasteiger partial charge in [-0.05, 0) is 12.2 Å². The molecule has 2 rings (SSSR count). The van der Waals surface area contributed by atoms with Gasteiger partial charge in [0.1, 0.15) is 11.9 Å². The van der Waals surface area contributed by atoms with Crippen molar-refractivity contribution in [3.63, 3.8) is 0 Å². The van der Waals surface area contributed by atoms with Crippen molar-refractivity contribution in [3.05, 3.63) is 12.2 Å². The summed E-state index contributed by atoms with van der Waals surface area (Å²) in [5.74, 6) is 1.68. The first-order valence-corrected chi connectivity index (χ1v) is 5.38. The SMILES string of the molecule is CC1SCCC1(O)c1nncn1C. The molecule has 0 amide bonds. The van der Waals surface area contributed by atoms with Crippen molar-refractivity contribution in [2.75, 3.05) is 5.75 Å². The van der Waals surface area contributed by atoms with Crippen LogP contribution < -0.4 is 0 Å². The first-order chi connectivity index (χ1) is 6.14. The Hall–Kier alpha value is -0.550. The number of rotatable bonds is 1. The topological polar surface area (TPSA) is 50.9 Å². The molecule has 0 aliphatic carbocycles. The Balaban J connectivity index is 2.39. The molecule has 0 spiro atoms. The fourth-order valence-corrected chi connectivity index (χ4v) is 2.98. The van der Waals surface area contributed by atoms with Gasteiger partial charge in [0.25, 0.3) is 0 Å². The average molecular weight is 199 g/mol. The molecule has 1 saturated heterocycles. The van der Waals surface area contributed by atoms with Crippen molar-refractivity contribution in [3.8, 4) is 0 Å². The van der Waals surface area contributed by atoms with Crippen LogP contribution in [0.1, 0.15) is 19.2 Å². The van der Waals surface area contributed by atoms with Gasteiger partial charge in [0.05, 0.1) is 0 Å². The number of aryl methyl sites for hydroxylation is 1. The number of hydrogen-bond acceptors (Lipinski definition) is 4. The number of aliphatic hydroxyl groups is 1. The molecule has 1 N–H and O–H groups in total. The summed E-state index contributed by atoms with van der Waals surface area (Å²) in [6, 6.07) is 0. The molecule has 1 fully saturated rings. The maximum atomic E-state index is 10.4. The van der Waals surface area contributed by atoms with Crippen molar-refractivity contribution in [1.29, 1.82) is 0 Å². The molecule has 0 radical (unpaired) electrons. The first-order valence-electron chi connectivity index (χ1n) is 4.33. The maximum absolute atomic E-state index is 10.4. The Morgan fingerprint density at radius 1 is 1.77 bits per heavy atom. The standard InChI is InChI=1S/C8H13N3OS/c1-6-8(12,3-4-13-6)7-10-9-5-11(7)2/h5-6,12H,3-4H2,1-2H3. The quantitative estimate of drug-likeness (QED) is 0.716. The van der Waals surface area contributed by atoms with Crippen LogP contribution in [0.15, 0.2) is 6.33 Å². The Bertz CT molecular complexity index is 314. The summed E-state index contributed by atoms with van der Waals surface area (Å²) < 4.78 is 1.79. The van der Waals surface area contributed by atoms with Crippen LogP contribution >= 0.6 is 11.8 Å². The second kappa shape index (κ2) is 2.99. The van der Waals surface area contributed by atoms with E-state index < -0.39 is 5.60 Å². The monoisotopic (exact) mass is 199 g/mol. The Morgan fingerprint density at radius 2 is 2.54 bits per heavy atom. The van der Waals surface area contributed by atoms with Gasteiger partial charge in [-0.3, -0.25) is 0 Å². The highest BCUT2D eigenvalue weighted by Gasteiger charge is 2.43. The van der Waals surface area contributed by atoms with Crippen molar-refractivity contribution in [1.82, 2.24) is 14.8 Å². The van der Waals surface area contributed by atoms with Gasteiger partial charge in [-0.15, -0.1) is 10.2 Å². The number of nitrogens with zero attached hydrogens (tertiary/aromatic N) is 3. The van der Waals surface area contributed by atoms with Crippen LogP contribution in [0.25, 0.3) is 0 Å². The van der Waals surface area contributed by atoms with Gasteiger partial charge in [0, 0.05) is 12.3 Å². The molecular weight excluding hydrogens is 186 g/mol. The molecule has 0 bridgehead atoms. The van der Waals surface area contributed by atoms with E-state index in [9.17, 15) is 5.11 Å². The minimum atomic E-state index is -0.782. The summed E-state index contributed by atoms with van der Waals surface area (Å²) in [5.41, 5.74) is -0.782. The van der Waals surface area contributed by atoms with Gasteiger partial charge in [-0.25, -0.2) is 0 Å². The molecule has 13 heavy (non-hydrogen) atoms. The molecule has 0 aromatic carbocycles. The number of aromatic nitrogens is 3. The van der Waals surface area contributed by atoms with E-state index in [1.54, 1.807) is 22.7 Å². The maximum Gasteiger partial charge on any atom is 0.165 e. The van der Waals surface area contributed by atoms with Gasteiger partial charge in [0.2, 0.25) is 0 Å². The highest BCUT2D eigenvalue weighted by molar-refractivity contribution is 8.00. The fourth-order valence-electron chi connectivity index (χ4n) is 1.70. The third-order valence-corrected chi connectivity index (χ3v) is 3.95. The summed E-state index contributed by atoms with van der Waals surface area (Å²) in [7, 11) is 1.86. The van der Waals surface area contributed by atoms with E-state index in [-0.39, 0.29) is 5.25 Å². The van der Waals surface area contributed by atoms with Crippen LogP contribution in [0.5, 0.6) is 0 Å². The number of hydrogen-bond donors (Lipinski definition) is 1. The zero-order chi connectivity index (χ0) is 9.47. The van der Waals surface area contributed by atoms with Crippen molar-refractivity contribution >= 4 is 11.8 Å². The van der Waals surface area contributed by atoms with E-state index in [0.717, 1.165) is 12.2 Å². The first kappa shape index (κ1) is 9.02. The molecule has 1 aromatic rings. The van der Waals surface area contributed by atoms with Gasteiger partial charge in [-0.2, -0.15) is 11.8 Å². The van der Waals surface area contributed by atoms with Gasteiger partial charge in [0.15, 0.2) is 5.82 Å². The largest absolute Gasteiger partial charge is 0.381 e. The van der Waals surface area contributed by atoms with Crippen LogP contribution in [-0.4, -0.2) is 30.9 Å². The molecule has 1 aliphatic heterocycles. The predicted molar refractivity (Wildman–Crippen MR) is 51.4 cm³/mol. The predicted octanol–water partition coefficient (Wildman–Crippen LogP) is 0.528. The summed E-state index contributed by atoms with van der Waals surface area (Å²) in [6.07, 6.45) is 2.40. The van der Waals surface area contributed by atoms with E-state index >= 15 is 0 Å². The van der Waals surface area contributed by atoms with Crippen molar-refractivity contribution in [2.24, 2.45) is 7.05 Å². The molecule has 1 aliphatic rings. The molecule has 2 atom stereocenters. The Labute approximate surface area is 81.4 Å². The van der Waals surface area contributed by atoms with Crippen LogP contribution in [0.4, 0.5) is 0 Å². The smallest absolute Gasteiger partial charge is 0.165 e. The zero-order valence-electron chi connectivity index (χ0n) is 7.77. The van der Waals surface area contributed by atoms with E-state index in [1.165, 1.54) is 0 Å². The fraction of sp³-hybridized carbons (Fsp3) is 0.750. The second-order valence-electron chi connectivity index (χ2n) is 3.45. The highest BCUT2D eigenvalue weighted by Crippen LogP contribution is 2.41. The molecule has 0 saturated carbocycles. The van der Waals surface area contributed by atoms with Gasteiger partial charge >= 0.3 is 0 Å².